The largest absolute Gasteiger partial charge is 0.434 e. The Balaban J connectivity index is 0.00000480. The van der Waals surface area contributed by atoms with Crippen molar-refractivity contribution in [3.8, 4) is 5.75 Å². The van der Waals surface area contributed by atoms with E-state index in [4.69, 9.17) is 0 Å². The van der Waals surface area contributed by atoms with Gasteiger partial charge in [0.05, 0.1) is 6.54 Å². The summed E-state index contributed by atoms with van der Waals surface area (Å²) in [4.78, 5) is 20.6. The Morgan fingerprint density at radius 1 is 1.16 bits per heavy atom. The molecule has 0 aliphatic rings. The van der Waals surface area contributed by atoms with Crippen LogP contribution in [0.25, 0.3) is 0 Å². The molecular weight excluding hydrogens is 519 g/mol. The summed E-state index contributed by atoms with van der Waals surface area (Å²) in [6.45, 7) is 3.90. The number of aromatic nitrogens is 1. The third-order valence-electron chi connectivity index (χ3n) is 4.01. The van der Waals surface area contributed by atoms with E-state index in [2.05, 4.69) is 30.7 Å². The highest BCUT2D eigenvalue weighted by atomic mass is 127. The molecule has 0 spiro atoms. The molecule has 0 radical (unpaired) electrons. The minimum absolute atomic E-state index is 0. The molecule has 170 valence electrons. The van der Waals surface area contributed by atoms with Crippen LogP contribution in [0.3, 0.4) is 0 Å². The first-order valence-electron chi connectivity index (χ1n) is 9.66. The van der Waals surface area contributed by atoms with Gasteiger partial charge in [-0.15, -0.1) is 24.0 Å². The van der Waals surface area contributed by atoms with Crippen LogP contribution in [0.4, 0.5) is 14.6 Å². The number of carbonyl (C=O) groups is 1. The molecule has 1 aromatic heterocycles. The van der Waals surface area contributed by atoms with Gasteiger partial charge in [0.15, 0.2) is 5.96 Å². The van der Waals surface area contributed by atoms with Crippen molar-refractivity contribution in [2.45, 2.75) is 40.3 Å². The molecule has 1 aromatic carbocycles. The number of amides is 1. The van der Waals surface area contributed by atoms with Crippen LogP contribution in [-0.4, -0.2) is 36.6 Å². The van der Waals surface area contributed by atoms with E-state index in [0.29, 0.717) is 30.4 Å². The number of nitrogens with one attached hydrogen (secondary N) is 3. The lowest BCUT2D eigenvalue weighted by molar-refractivity contribution is -0.116. The van der Waals surface area contributed by atoms with Crippen LogP contribution < -0.4 is 20.7 Å². The first kappa shape index (κ1) is 26.5. The van der Waals surface area contributed by atoms with Crippen LogP contribution in [0.15, 0.2) is 41.5 Å². The van der Waals surface area contributed by atoms with Crippen molar-refractivity contribution in [1.29, 1.82) is 0 Å². The van der Waals surface area contributed by atoms with Gasteiger partial charge >= 0.3 is 6.61 Å². The van der Waals surface area contributed by atoms with Crippen molar-refractivity contribution in [2.75, 3.05) is 18.4 Å². The highest BCUT2D eigenvalue weighted by Crippen LogP contribution is 2.22. The summed E-state index contributed by atoms with van der Waals surface area (Å²) < 4.78 is 29.8. The summed E-state index contributed by atoms with van der Waals surface area (Å²) in [5.74, 6) is 0.890. The first-order valence-corrected chi connectivity index (χ1v) is 9.66. The summed E-state index contributed by atoms with van der Waals surface area (Å²) in [6, 6.07) is 8.58. The van der Waals surface area contributed by atoms with Gasteiger partial charge in [-0.2, -0.15) is 8.78 Å². The van der Waals surface area contributed by atoms with Gasteiger partial charge in [0.1, 0.15) is 11.6 Å². The Hall–Kier alpha value is -2.50. The highest BCUT2D eigenvalue weighted by Gasteiger charge is 2.10. The zero-order chi connectivity index (χ0) is 21.9. The Bertz CT molecular complexity index is 863. The molecular formula is C21H28F2IN5O2. The molecule has 0 aliphatic heterocycles. The van der Waals surface area contributed by atoms with Crippen molar-refractivity contribution < 1.29 is 18.3 Å². The predicted octanol–water partition coefficient (Wildman–Crippen LogP) is 4.00. The third-order valence-corrected chi connectivity index (χ3v) is 4.01. The molecule has 1 amide bonds. The number of benzene rings is 1. The van der Waals surface area contributed by atoms with Gasteiger partial charge in [-0.25, -0.2) is 9.98 Å². The molecule has 0 unspecified atom stereocenters. The maximum Gasteiger partial charge on any atom is 0.387 e. The van der Waals surface area contributed by atoms with Crippen molar-refractivity contribution in [3.63, 3.8) is 0 Å². The fraction of sp³-hybridized carbons (Fsp3) is 0.381. The summed E-state index contributed by atoms with van der Waals surface area (Å²) >= 11 is 0. The number of aryl methyl sites for hydroxylation is 2. The molecule has 2 rings (SSSR count). The maximum absolute atomic E-state index is 12.6. The topological polar surface area (TPSA) is 87.6 Å². The molecule has 0 atom stereocenters. The number of rotatable bonds is 9. The number of hydrogen-bond acceptors (Lipinski definition) is 4. The number of pyridine rings is 1. The van der Waals surface area contributed by atoms with Crippen molar-refractivity contribution in [3.05, 3.63) is 53.2 Å². The van der Waals surface area contributed by atoms with Gasteiger partial charge in [0.25, 0.3) is 0 Å². The number of aliphatic imine (C=N–C) groups is 1. The lowest BCUT2D eigenvalue weighted by Gasteiger charge is -2.13. The lowest BCUT2D eigenvalue weighted by Crippen LogP contribution is -2.38. The number of hydrogen-bond donors (Lipinski definition) is 3. The summed E-state index contributed by atoms with van der Waals surface area (Å²) in [6.07, 6.45) is 1.89. The van der Waals surface area contributed by atoms with Gasteiger partial charge in [-0.3, -0.25) is 4.79 Å². The molecule has 0 saturated heterocycles. The number of halogens is 3. The van der Waals surface area contributed by atoms with Crippen LogP contribution in [0.5, 0.6) is 5.75 Å². The second-order valence-electron chi connectivity index (χ2n) is 6.63. The van der Waals surface area contributed by atoms with Gasteiger partial charge < -0.3 is 20.7 Å². The van der Waals surface area contributed by atoms with Gasteiger partial charge in [0.2, 0.25) is 5.91 Å². The van der Waals surface area contributed by atoms with Gasteiger partial charge in [0, 0.05) is 31.3 Å². The predicted molar refractivity (Wildman–Crippen MR) is 128 cm³/mol. The molecule has 0 saturated carbocycles. The maximum atomic E-state index is 12.6. The molecule has 31 heavy (non-hydrogen) atoms. The first-order chi connectivity index (χ1) is 14.4. The van der Waals surface area contributed by atoms with E-state index in [1.165, 1.54) is 6.07 Å². The zero-order valence-electron chi connectivity index (χ0n) is 17.7. The SMILES string of the molecule is CCNC(=NCc1cc(C)ccc1OC(F)F)NCCC(=O)Nc1ccc(C)cn1.I. The Labute approximate surface area is 198 Å². The number of nitrogens with zero attached hydrogens (tertiary/aromatic N) is 2. The molecule has 7 nitrogen and oxygen atoms in total. The van der Waals surface area contributed by atoms with E-state index in [1.54, 1.807) is 24.4 Å². The standard InChI is InChI=1S/C21H27F2N5O2.HI/c1-4-24-21(25-10-9-19(29)28-18-8-6-15(3)12-26-18)27-13-16-11-14(2)5-7-17(16)30-20(22)23;/h5-8,11-12,20H,4,9-10,13H2,1-3H3,(H2,24,25,27)(H,26,28,29);1H. The summed E-state index contributed by atoms with van der Waals surface area (Å²) in [5.41, 5.74) is 2.48. The minimum atomic E-state index is -2.90. The molecule has 0 bridgehead atoms. The molecule has 0 fully saturated rings. The van der Waals surface area contributed by atoms with Crippen LogP contribution in [-0.2, 0) is 11.3 Å². The Morgan fingerprint density at radius 2 is 1.90 bits per heavy atom. The average Bonchev–Trinajstić information content (AvgIpc) is 2.69. The van der Waals surface area contributed by atoms with Crippen molar-refractivity contribution in [2.24, 2.45) is 4.99 Å². The second-order valence-corrected chi connectivity index (χ2v) is 6.63. The van der Waals surface area contributed by atoms with Crippen molar-refractivity contribution >= 4 is 41.7 Å². The number of anilines is 1. The quantitative estimate of drug-likeness (QED) is 0.251. The summed E-state index contributed by atoms with van der Waals surface area (Å²) in [7, 11) is 0. The number of carbonyl (C=O) groups excluding carboxylic acids is 1. The zero-order valence-corrected chi connectivity index (χ0v) is 20.1. The molecule has 10 heteroatoms. The monoisotopic (exact) mass is 547 g/mol. The summed E-state index contributed by atoms with van der Waals surface area (Å²) in [5, 5.41) is 8.85. The number of guanidine groups is 1. The van der Waals surface area contributed by atoms with E-state index < -0.39 is 6.61 Å². The van der Waals surface area contributed by atoms with Crippen LogP contribution in [0.1, 0.15) is 30.0 Å². The normalized spacial score (nSPS) is 11.0. The van der Waals surface area contributed by atoms with E-state index in [0.717, 1.165) is 11.1 Å². The van der Waals surface area contributed by atoms with Crippen molar-refractivity contribution in [1.82, 2.24) is 15.6 Å². The average molecular weight is 547 g/mol. The molecule has 2 aromatic rings. The van der Waals surface area contributed by atoms with Gasteiger partial charge in [-0.05, 0) is 38.5 Å². The van der Waals surface area contributed by atoms with Crippen LogP contribution in [0, 0.1) is 13.8 Å². The number of alkyl halides is 2. The van der Waals surface area contributed by atoms with Crippen LogP contribution in [0.2, 0.25) is 0 Å². The van der Waals surface area contributed by atoms with E-state index in [1.807, 2.05) is 26.8 Å². The molecule has 0 aliphatic carbocycles. The van der Waals surface area contributed by atoms with Gasteiger partial charge in [-0.1, -0.05) is 23.8 Å². The molecule has 1 heterocycles. The van der Waals surface area contributed by atoms with E-state index >= 15 is 0 Å². The minimum Gasteiger partial charge on any atom is -0.434 e. The highest BCUT2D eigenvalue weighted by molar-refractivity contribution is 14.0. The van der Waals surface area contributed by atoms with E-state index in [9.17, 15) is 13.6 Å². The number of ether oxygens (including phenoxy) is 1. The fourth-order valence-corrected chi connectivity index (χ4v) is 2.59. The lowest BCUT2D eigenvalue weighted by atomic mass is 10.1. The van der Waals surface area contributed by atoms with Crippen LogP contribution >= 0.6 is 24.0 Å². The smallest absolute Gasteiger partial charge is 0.387 e. The molecule has 3 N–H and O–H groups in total. The Morgan fingerprint density at radius 3 is 2.55 bits per heavy atom. The third kappa shape index (κ3) is 9.90. The second kappa shape index (κ2) is 13.7. The fourth-order valence-electron chi connectivity index (χ4n) is 2.59. The Kier molecular flexibility index (Phi) is 11.8. The van der Waals surface area contributed by atoms with E-state index in [-0.39, 0.29) is 48.6 Å².